The molecule has 1 fully saturated rings. The highest BCUT2D eigenvalue weighted by molar-refractivity contribution is 6.74. The molecular weight excluding hydrogens is 318 g/mol. The van der Waals surface area contributed by atoms with E-state index in [1.54, 1.807) is 0 Å². The molecule has 3 heterocycles. The van der Waals surface area contributed by atoms with Crippen LogP contribution in [0.15, 0.2) is 24.0 Å². The van der Waals surface area contributed by atoms with Crippen molar-refractivity contribution in [3.05, 3.63) is 29.7 Å². The van der Waals surface area contributed by atoms with Gasteiger partial charge in [0.25, 0.3) is 0 Å². The van der Waals surface area contributed by atoms with Crippen LogP contribution in [-0.2, 0) is 9.26 Å². The molecule has 2 bridgehead atoms. The average Bonchev–Trinajstić information content (AvgIpc) is 2.45. The zero-order valence-electron chi connectivity index (χ0n) is 15.9. The van der Waals surface area contributed by atoms with Gasteiger partial charge in [-0.15, -0.1) is 5.10 Å². The molecule has 132 valence electrons. The van der Waals surface area contributed by atoms with E-state index >= 15 is 0 Å². The summed E-state index contributed by atoms with van der Waals surface area (Å²) in [5.41, 5.74) is 0.569. The van der Waals surface area contributed by atoms with Crippen LogP contribution < -0.4 is 5.06 Å². The summed E-state index contributed by atoms with van der Waals surface area (Å²) >= 11 is 0. The lowest BCUT2D eigenvalue weighted by atomic mass is 9.87. The molecule has 1 saturated heterocycles. The number of hydroxylamine groups is 1. The molecule has 1 aliphatic carbocycles. The van der Waals surface area contributed by atoms with Crippen LogP contribution in [0.4, 0.5) is 5.82 Å². The number of hydrogen-bond acceptors (Lipinski definition) is 5. The van der Waals surface area contributed by atoms with E-state index in [9.17, 15) is 0 Å². The molecule has 0 spiro atoms. The Bertz CT molecular complexity index is 651. The molecule has 1 aromatic rings. The molecule has 0 N–H and O–H groups in total. The Balaban J connectivity index is 1.91. The summed E-state index contributed by atoms with van der Waals surface area (Å²) in [4.78, 5) is 6.22. The summed E-state index contributed by atoms with van der Waals surface area (Å²) < 4.78 is 6.65. The van der Waals surface area contributed by atoms with Gasteiger partial charge in [-0.05, 0) is 63.0 Å². The van der Waals surface area contributed by atoms with Crippen LogP contribution in [0.1, 0.15) is 46.2 Å². The third kappa shape index (κ3) is 3.09. The minimum Gasteiger partial charge on any atom is -0.545 e. The molecule has 0 aromatic carbocycles. The van der Waals surface area contributed by atoms with E-state index in [4.69, 9.17) is 9.26 Å². The molecular formula is C18H29N3O2Si. The molecule has 0 amide bonds. The van der Waals surface area contributed by atoms with E-state index in [1.807, 2.05) is 24.1 Å². The first-order valence-electron chi connectivity index (χ1n) is 8.71. The molecule has 1 aromatic heterocycles. The topological polar surface area (TPSA) is 47.5 Å². The maximum absolute atomic E-state index is 6.65. The molecule has 2 atom stereocenters. The van der Waals surface area contributed by atoms with Crippen molar-refractivity contribution in [1.29, 1.82) is 0 Å². The van der Waals surface area contributed by atoms with Crippen molar-refractivity contribution in [3.8, 4) is 0 Å². The highest BCUT2D eigenvalue weighted by atomic mass is 28.4. The summed E-state index contributed by atoms with van der Waals surface area (Å²) in [6, 6.07) is 4.02. The first-order valence-corrected chi connectivity index (χ1v) is 11.6. The number of fused-ring (bicyclic) bond motifs is 2. The van der Waals surface area contributed by atoms with Crippen molar-refractivity contribution < 1.29 is 9.26 Å². The van der Waals surface area contributed by atoms with Gasteiger partial charge < -0.3 is 4.43 Å². The van der Waals surface area contributed by atoms with E-state index in [1.165, 1.54) is 0 Å². The monoisotopic (exact) mass is 347 g/mol. The number of aromatic nitrogens is 2. The number of rotatable bonds is 3. The standard InChI is InChI=1S/C18H29N3O2Si/c1-13-8-9-16(20-19-13)21-14-10-11-18(5,23-21)12-15(14)22-24(6,7)17(2,3)4/h8-9,12,14H,10-11H2,1-7H3. The van der Waals surface area contributed by atoms with Gasteiger partial charge in [-0.2, -0.15) is 5.10 Å². The average molecular weight is 348 g/mol. The molecule has 6 heteroatoms. The van der Waals surface area contributed by atoms with Gasteiger partial charge in [-0.25, -0.2) is 5.06 Å². The summed E-state index contributed by atoms with van der Waals surface area (Å²) in [6.07, 6.45) is 4.18. The van der Waals surface area contributed by atoms with Gasteiger partial charge in [0, 0.05) is 0 Å². The molecule has 2 unspecified atom stereocenters. The summed E-state index contributed by atoms with van der Waals surface area (Å²) in [7, 11) is -1.89. The fourth-order valence-corrected chi connectivity index (χ4v) is 3.98. The van der Waals surface area contributed by atoms with E-state index in [0.29, 0.717) is 0 Å². The van der Waals surface area contributed by atoms with Crippen molar-refractivity contribution in [1.82, 2.24) is 10.2 Å². The van der Waals surface area contributed by atoms with Gasteiger partial charge in [0.05, 0.1) is 5.69 Å². The zero-order valence-corrected chi connectivity index (χ0v) is 16.9. The molecule has 24 heavy (non-hydrogen) atoms. The summed E-state index contributed by atoms with van der Waals surface area (Å²) in [6.45, 7) is 15.4. The van der Waals surface area contributed by atoms with Gasteiger partial charge in [-0.1, -0.05) is 20.8 Å². The normalized spacial score (nSPS) is 27.2. The van der Waals surface area contributed by atoms with E-state index in [2.05, 4.69) is 57.1 Å². The fourth-order valence-electron chi connectivity index (χ4n) is 2.89. The summed E-state index contributed by atoms with van der Waals surface area (Å²) in [5, 5.41) is 10.6. The predicted octanol–water partition coefficient (Wildman–Crippen LogP) is 4.36. The predicted molar refractivity (Wildman–Crippen MR) is 98.1 cm³/mol. The highest BCUT2D eigenvalue weighted by Crippen LogP contribution is 2.45. The minimum absolute atomic E-state index is 0.0814. The molecule has 5 nitrogen and oxygen atoms in total. The van der Waals surface area contributed by atoms with Crippen molar-refractivity contribution >= 4 is 14.1 Å². The Morgan fingerprint density at radius 1 is 1.29 bits per heavy atom. The van der Waals surface area contributed by atoms with E-state index in [0.717, 1.165) is 30.1 Å². The van der Waals surface area contributed by atoms with Gasteiger partial charge in [0.15, 0.2) is 5.82 Å². The molecule has 4 rings (SSSR count). The second-order valence-corrected chi connectivity index (χ2v) is 13.5. The van der Waals surface area contributed by atoms with Gasteiger partial charge in [0.1, 0.15) is 17.4 Å². The van der Waals surface area contributed by atoms with Crippen LogP contribution in [0.25, 0.3) is 0 Å². The van der Waals surface area contributed by atoms with Crippen LogP contribution in [0.3, 0.4) is 0 Å². The number of nitrogens with zero attached hydrogens (tertiary/aromatic N) is 3. The third-order valence-corrected chi connectivity index (χ3v) is 9.83. The molecule has 3 aliphatic rings. The lowest BCUT2D eigenvalue weighted by Gasteiger charge is -2.50. The van der Waals surface area contributed by atoms with Crippen LogP contribution in [-0.4, -0.2) is 30.2 Å². The largest absolute Gasteiger partial charge is 0.545 e. The van der Waals surface area contributed by atoms with Gasteiger partial charge in [-0.3, -0.25) is 4.84 Å². The van der Waals surface area contributed by atoms with Crippen LogP contribution in [0.5, 0.6) is 0 Å². The minimum atomic E-state index is -1.89. The Kier molecular flexibility index (Phi) is 4.04. The van der Waals surface area contributed by atoms with Crippen molar-refractivity contribution in [2.45, 2.75) is 77.2 Å². The Morgan fingerprint density at radius 2 is 2.00 bits per heavy atom. The van der Waals surface area contributed by atoms with Crippen LogP contribution in [0.2, 0.25) is 18.1 Å². The SMILES string of the molecule is Cc1ccc(N2OC3(C)C=C(O[Si](C)(C)C(C)(C)C)C2CC3)nn1. The first kappa shape index (κ1) is 17.4. The van der Waals surface area contributed by atoms with Crippen molar-refractivity contribution in [2.24, 2.45) is 0 Å². The molecule has 0 saturated carbocycles. The van der Waals surface area contributed by atoms with Gasteiger partial charge in [0.2, 0.25) is 8.32 Å². The number of hydrogen-bond donors (Lipinski definition) is 0. The van der Waals surface area contributed by atoms with Gasteiger partial charge >= 0.3 is 0 Å². The van der Waals surface area contributed by atoms with Crippen LogP contribution >= 0.6 is 0 Å². The third-order valence-electron chi connectivity index (χ3n) is 5.47. The zero-order chi connectivity index (χ0) is 17.8. The highest BCUT2D eigenvalue weighted by Gasteiger charge is 2.48. The molecule has 0 radical (unpaired) electrons. The first-order chi connectivity index (χ1) is 11.0. The second kappa shape index (κ2) is 5.56. The lowest BCUT2D eigenvalue weighted by molar-refractivity contribution is -0.0802. The number of aryl methyl sites for hydroxylation is 1. The maximum atomic E-state index is 6.65. The lowest BCUT2D eigenvalue weighted by Crippen LogP contribution is -2.56. The van der Waals surface area contributed by atoms with E-state index < -0.39 is 8.32 Å². The quantitative estimate of drug-likeness (QED) is 0.760. The Morgan fingerprint density at radius 3 is 2.54 bits per heavy atom. The summed E-state index contributed by atoms with van der Waals surface area (Å²) in [5.74, 6) is 1.80. The Labute approximate surface area is 146 Å². The molecule has 2 aliphatic heterocycles. The maximum Gasteiger partial charge on any atom is 0.250 e. The smallest absolute Gasteiger partial charge is 0.250 e. The van der Waals surface area contributed by atoms with Crippen molar-refractivity contribution in [3.63, 3.8) is 0 Å². The second-order valence-electron chi connectivity index (χ2n) is 8.73. The Hall–Kier alpha value is -1.40. The number of anilines is 1. The van der Waals surface area contributed by atoms with E-state index in [-0.39, 0.29) is 16.7 Å². The van der Waals surface area contributed by atoms with Crippen LogP contribution in [0, 0.1) is 6.92 Å². The fraction of sp³-hybridized carbons (Fsp3) is 0.667. The van der Waals surface area contributed by atoms with Crippen molar-refractivity contribution in [2.75, 3.05) is 5.06 Å².